The summed E-state index contributed by atoms with van der Waals surface area (Å²) in [7, 11) is 1.45. The lowest BCUT2D eigenvalue weighted by atomic mass is 10.2. The highest BCUT2D eigenvalue weighted by molar-refractivity contribution is 5.28. The molecule has 4 nitrogen and oxygen atoms in total. The molecule has 1 aromatic rings. The summed E-state index contributed by atoms with van der Waals surface area (Å²) in [4.78, 5) is 0. The topological polar surface area (TPSA) is 39.1 Å². The van der Waals surface area contributed by atoms with E-state index in [0.717, 1.165) is 0 Å². The number of nitrogens with zero attached hydrogens (tertiary/aromatic N) is 2. The molecule has 0 bridgehead atoms. The number of rotatable bonds is 6. The number of alkyl halides is 2. The second-order valence-corrected chi connectivity index (χ2v) is 3.28. The molecule has 1 N–H and O–H groups in total. The lowest BCUT2D eigenvalue weighted by Gasteiger charge is -2.19. The van der Waals surface area contributed by atoms with E-state index in [1.54, 1.807) is 6.92 Å². The Morgan fingerprint density at radius 1 is 1.50 bits per heavy atom. The third kappa shape index (κ3) is 2.49. The Balaban J connectivity index is 3.09. The van der Waals surface area contributed by atoms with Crippen LogP contribution in [-0.4, -0.2) is 29.9 Å². The van der Waals surface area contributed by atoms with Gasteiger partial charge in [-0.2, -0.15) is 5.10 Å². The zero-order valence-corrected chi connectivity index (χ0v) is 9.70. The van der Waals surface area contributed by atoms with Crippen molar-refractivity contribution < 1.29 is 13.5 Å². The summed E-state index contributed by atoms with van der Waals surface area (Å²) in [5.41, 5.74) is 0.404. The molecule has 0 saturated heterocycles. The Labute approximate surface area is 93.6 Å². The summed E-state index contributed by atoms with van der Waals surface area (Å²) in [6.45, 7) is 4.64. The predicted molar refractivity (Wildman–Crippen MR) is 56.9 cm³/mol. The van der Waals surface area contributed by atoms with Crippen LogP contribution in [0.15, 0.2) is 6.20 Å². The summed E-state index contributed by atoms with van der Waals surface area (Å²) in [5, 5.41) is 6.75. The van der Waals surface area contributed by atoms with Crippen molar-refractivity contribution in [3.8, 4) is 5.75 Å². The predicted octanol–water partition coefficient (Wildman–Crippen LogP) is 1.83. The Bertz CT molecular complexity index is 306. The van der Waals surface area contributed by atoms with Crippen molar-refractivity contribution >= 4 is 0 Å². The van der Waals surface area contributed by atoms with Gasteiger partial charge < -0.3 is 10.1 Å². The molecule has 1 heterocycles. The van der Waals surface area contributed by atoms with E-state index < -0.39 is 12.5 Å². The summed E-state index contributed by atoms with van der Waals surface area (Å²) >= 11 is 0. The van der Waals surface area contributed by atoms with Gasteiger partial charge in [-0.1, -0.05) is 6.92 Å². The van der Waals surface area contributed by atoms with Crippen molar-refractivity contribution in [3.63, 3.8) is 0 Å². The molecule has 1 aromatic heterocycles. The molecule has 0 aromatic carbocycles. The van der Waals surface area contributed by atoms with E-state index in [-0.39, 0.29) is 0 Å². The molecule has 0 spiro atoms. The van der Waals surface area contributed by atoms with Crippen LogP contribution in [0.1, 0.15) is 25.6 Å². The van der Waals surface area contributed by atoms with Crippen LogP contribution < -0.4 is 10.1 Å². The third-order valence-electron chi connectivity index (χ3n) is 2.33. The summed E-state index contributed by atoms with van der Waals surface area (Å²) in [5.74, 6) is 0.396. The molecule has 0 aliphatic carbocycles. The third-order valence-corrected chi connectivity index (χ3v) is 2.33. The van der Waals surface area contributed by atoms with Gasteiger partial charge >= 0.3 is 0 Å². The van der Waals surface area contributed by atoms with Crippen molar-refractivity contribution in [2.24, 2.45) is 0 Å². The number of methoxy groups -OCH3 is 1. The van der Waals surface area contributed by atoms with E-state index in [0.29, 0.717) is 24.5 Å². The molecule has 0 fully saturated rings. The number of ether oxygens (including phenoxy) is 1. The highest BCUT2D eigenvalue weighted by Crippen LogP contribution is 2.29. The van der Waals surface area contributed by atoms with Gasteiger partial charge in [-0.25, -0.2) is 8.78 Å². The SMILES string of the molecule is CCNC(c1c(OC)cnn1CC)C(F)F. The lowest BCUT2D eigenvalue weighted by molar-refractivity contribution is 0.0937. The maximum Gasteiger partial charge on any atom is 0.259 e. The molecule has 0 saturated carbocycles. The van der Waals surface area contributed by atoms with Crippen LogP contribution in [0.25, 0.3) is 0 Å². The van der Waals surface area contributed by atoms with Crippen molar-refractivity contribution in [2.45, 2.75) is 32.9 Å². The maximum absolute atomic E-state index is 12.9. The molecular formula is C10H17F2N3O. The zero-order chi connectivity index (χ0) is 12.1. The normalized spacial score (nSPS) is 13.1. The molecule has 0 aliphatic rings. The smallest absolute Gasteiger partial charge is 0.259 e. The fraction of sp³-hybridized carbons (Fsp3) is 0.700. The lowest BCUT2D eigenvalue weighted by Crippen LogP contribution is -2.29. The Hall–Kier alpha value is -1.17. The van der Waals surface area contributed by atoms with Gasteiger partial charge in [0, 0.05) is 6.54 Å². The monoisotopic (exact) mass is 233 g/mol. The van der Waals surface area contributed by atoms with Gasteiger partial charge in [0.1, 0.15) is 11.7 Å². The number of hydrogen-bond acceptors (Lipinski definition) is 3. The van der Waals surface area contributed by atoms with Crippen LogP contribution in [0, 0.1) is 0 Å². The largest absolute Gasteiger partial charge is 0.493 e. The zero-order valence-electron chi connectivity index (χ0n) is 9.70. The van der Waals surface area contributed by atoms with Crippen molar-refractivity contribution in [2.75, 3.05) is 13.7 Å². The van der Waals surface area contributed by atoms with Crippen LogP contribution in [0.3, 0.4) is 0 Å². The molecule has 0 amide bonds. The minimum atomic E-state index is -2.49. The van der Waals surface area contributed by atoms with E-state index in [9.17, 15) is 8.78 Å². The van der Waals surface area contributed by atoms with Crippen LogP contribution in [0.5, 0.6) is 5.75 Å². The van der Waals surface area contributed by atoms with Gasteiger partial charge in [-0.05, 0) is 13.5 Å². The molecule has 16 heavy (non-hydrogen) atoms. The van der Waals surface area contributed by atoms with E-state index >= 15 is 0 Å². The molecule has 0 aliphatic heterocycles. The van der Waals surface area contributed by atoms with E-state index in [1.165, 1.54) is 18.0 Å². The second-order valence-electron chi connectivity index (χ2n) is 3.28. The molecule has 0 radical (unpaired) electrons. The molecule has 6 heteroatoms. The minimum absolute atomic E-state index is 0.396. The highest BCUT2D eigenvalue weighted by Gasteiger charge is 2.28. The van der Waals surface area contributed by atoms with Crippen molar-refractivity contribution in [1.82, 2.24) is 15.1 Å². The second kappa shape index (κ2) is 5.79. The van der Waals surface area contributed by atoms with Gasteiger partial charge in [-0.3, -0.25) is 4.68 Å². The van der Waals surface area contributed by atoms with Gasteiger partial charge in [0.25, 0.3) is 6.43 Å². The fourth-order valence-electron chi connectivity index (χ4n) is 1.63. The summed E-state index contributed by atoms with van der Waals surface area (Å²) in [6, 6.07) is -1.04. The molecule has 1 rings (SSSR count). The first-order valence-corrected chi connectivity index (χ1v) is 5.26. The average Bonchev–Trinajstić information content (AvgIpc) is 2.67. The minimum Gasteiger partial charge on any atom is -0.493 e. The van der Waals surface area contributed by atoms with Gasteiger partial charge in [0.2, 0.25) is 0 Å². The Morgan fingerprint density at radius 2 is 2.19 bits per heavy atom. The van der Waals surface area contributed by atoms with Crippen LogP contribution in [0.2, 0.25) is 0 Å². The van der Waals surface area contributed by atoms with Crippen LogP contribution >= 0.6 is 0 Å². The first kappa shape index (κ1) is 12.9. The summed E-state index contributed by atoms with van der Waals surface area (Å²) in [6.07, 6.45) is -1.03. The quantitative estimate of drug-likeness (QED) is 0.814. The van der Waals surface area contributed by atoms with Crippen LogP contribution in [0.4, 0.5) is 8.78 Å². The number of aromatic nitrogens is 2. The maximum atomic E-state index is 12.9. The van der Waals surface area contributed by atoms with E-state index in [4.69, 9.17) is 4.74 Å². The van der Waals surface area contributed by atoms with Gasteiger partial charge in [0.15, 0.2) is 5.75 Å². The van der Waals surface area contributed by atoms with Gasteiger partial charge in [-0.15, -0.1) is 0 Å². The fourth-order valence-corrected chi connectivity index (χ4v) is 1.63. The number of aryl methyl sites for hydroxylation is 1. The number of nitrogens with one attached hydrogen (secondary N) is 1. The molecule has 92 valence electrons. The average molecular weight is 233 g/mol. The number of halogens is 2. The molecular weight excluding hydrogens is 216 g/mol. The Kier molecular flexibility index (Phi) is 4.67. The standard InChI is InChI=1S/C10H17F2N3O/c1-4-13-8(10(11)12)9-7(16-3)6-14-15(9)5-2/h6,8,10,13H,4-5H2,1-3H3. The number of hydrogen-bond donors (Lipinski definition) is 1. The van der Waals surface area contributed by atoms with E-state index in [1.807, 2.05) is 6.92 Å². The summed E-state index contributed by atoms with van der Waals surface area (Å²) < 4.78 is 32.4. The van der Waals surface area contributed by atoms with Crippen LogP contribution in [-0.2, 0) is 6.54 Å². The van der Waals surface area contributed by atoms with Crippen molar-refractivity contribution in [1.29, 1.82) is 0 Å². The Morgan fingerprint density at radius 3 is 2.62 bits per heavy atom. The molecule has 1 atom stereocenters. The highest BCUT2D eigenvalue weighted by atomic mass is 19.3. The van der Waals surface area contributed by atoms with E-state index in [2.05, 4.69) is 10.4 Å². The van der Waals surface area contributed by atoms with Gasteiger partial charge in [0.05, 0.1) is 13.3 Å². The first-order valence-electron chi connectivity index (χ1n) is 5.26. The molecule has 1 unspecified atom stereocenters. The van der Waals surface area contributed by atoms with Crippen molar-refractivity contribution in [3.05, 3.63) is 11.9 Å². The first-order chi connectivity index (χ1) is 7.65.